The Kier molecular flexibility index (Phi) is 6.36. The molecule has 0 aromatic rings. The summed E-state index contributed by atoms with van der Waals surface area (Å²) in [5.41, 5.74) is 4.72. The van der Waals surface area contributed by atoms with Gasteiger partial charge in [0, 0.05) is 6.42 Å². The van der Waals surface area contributed by atoms with Crippen LogP contribution in [0.1, 0.15) is 106 Å². The molecule has 0 radical (unpaired) electrons. The Bertz CT molecular complexity index is 772. The molecule has 0 spiro atoms. The third-order valence-corrected chi connectivity index (χ3v) is 10.8. The molecule has 0 amide bonds. The Morgan fingerprint density at radius 2 is 1.90 bits per heavy atom. The van der Waals surface area contributed by atoms with Crippen LogP contribution in [-0.2, 0) is 4.79 Å². The third kappa shape index (κ3) is 3.79. The van der Waals surface area contributed by atoms with Gasteiger partial charge in [0.15, 0.2) is 5.78 Å². The molecule has 4 rings (SSSR count). The van der Waals surface area contributed by atoms with Crippen LogP contribution < -0.4 is 0 Å². The van der Waals surface area contributed by atoms with Crippen LogP contribution in [-0.4, -0.2) is 17.0 Å². The van der Waals surface area contributed by atoms with Gasteiger partial charge < -0.3 is 5.11 Å². The summed E-state index contributed by atoms with van der Waals surface area (Å²) in [7, 11) is 0. The van der Waals surface area contributed by atoms with Crippen LogP contribution in [0, 0.1) is 40.4 Å². The summed E-state index contributed by atoms with van der Waals surface area (Å²) in [6.07, 6.45) is 13.0. The van der Waals surface area contributed by atoms with Crippen LogP contribution in [0.4, 0.5) is 0 Å². The second-order valence-corrected chi connectivity index (χ2v) is 12.3. The summed E-state index contributed by atoms with van der Waals surface area (Å²) < 4.78 is 0. The van der Waals surface area contributed by atoms with Crippen LogP contribution in [0.5, 0.6) is 0 Å². The number of fused-ring (bicyclic) bond motifs is 5. The zero-order valence-electron chi connectivity index (χ0n) is 21.0. The first-order valence-electron chi connectivity index (χ1n) is 13.2. The van der Waals surface area contributed by atoms with Crippen molar-refractivity contribution in [3.63, 3.8) is 0 Å². The molecule has 0 aromatic carbocycles. The van der Waals surface area contributed by atoms with Crippen LogP contribution >= 0.6 is 0 Å². The first kappa shape index (κ1) is 23.3. The second kappa shape index (κ2) is 8.47. The van der Waals surface area contributed by atoms with Crippen molar-refractivity contribution in [1.82, 2.24) is 0 Å². The number of carbonyl (C=O) groups excluding carboxylic acids is 1. The highest BCUT2D eigenvalue weighted by molar-refractivity contribution is 5.91. The van der Waals surface area contributed by atoms with E-state index in [9.17, 15) is 9.90 Å². The van der Waals surface area contributed by atoms with E-state index in [0.717, 1.165) is 36.2 Å². The maximum absolute atomic E-state index is 12.1. The largest absolute Gasteiger partial charge is 0.389 e. The van der Waals surface area contributed by atoms with Crippen LogP contribution in [0.3, 0.4) is 0 Å². The number of aliphatic hydroxyl groups is 1. The fraction of sp³-hybridized carbons (Fsp3) is 0.828. The molecule has 1 N–H and O–H groups in total. The van der Waals surface area contributed by atoms with Crippen molar-refractivity contribution in [3.8, 4) is 0 Å². The molecule has 0 saturated heterocycles. The zero-order valence-corrected chi connectivity index (χ0v) is 21.0. The Morgan fingerprint density at radius 3 is 2.58 bits per heavy atom. The Morgan fingerprint density at radius 1 is 1.16 bits per heavy atom. The van der Waals surface area contributed by atoms with Crippen LogP contribution in [0.2, 0.25) is 0 Å². The Hall–Kier alpha value is -0.890. The molecule has 174 valence electrons. The highest BCUT2D eigenvalue weighted by atomic mass is 16.3. The summed E-state index contributed by atoms with van der Waals surface area (Å²) in [4.78, 5) is 12.1. The molecule has 4 aliphatic rings. The van der Waals surface area contributed by atoms with Gasteiger partial charge in [0.25, 0.3) is 0 Å². The highest BCUT2D eigenvalue weighted by Crippen LogP contribution is 2.67. The minimum Gasteiger partial charge on any atom is -0.389 e. The lowest BCUT2D eigenvalue weighted by Gasteiger charge is -2.59. The van der Waals surface area contributed by atoms with Crippen molar-refractivity contribution < 1.29 is 9.90 Å². The average molecular weight is 427 g/mol. The van der Waals surface area contributed by atoms with Crippen molar-refractivity contribution in [1.29, 1.82) is 0 Å². The molecule has 0 aromatic heterocycles. The van der Waals surface area contributed by atoms with Gasteiger partial charge in [-0.2, -0.15) is 0 Å². The van der Waals surface area contributed by atoms with Gasteiger partial charge in [-0.25, -0.2) is 0 Å². The van der Waals surface area contributed by atoms with Gasteiger partial charge in [-0.3, -0.25) is 4.79 Å². The summed E-state index contributed by atoms with van der Waals surface area (Å²) in [5.74, 6) is 3.86. The average Bonchev–Trinajstić information content (AvgIpc) is 3.07. The van der Waals surface area contributed by atoms with E-state index >= 15 is 0 Å². The van der Waals surface area contributed by atoms with Crippen molar-refractivity contribution >= 4 is 5.78 Å². The van der Waals surface area contributed by atoms with Crippen molar-refractivity contribution in [2.75, 3.05) is 0 Å². The number of allylic oxidation sites excluding steroid dienone is 2. The van der Waals surface area contributed by atoms with E-state index in [-0.39, 0.29) is 11.2 Å². The van der Waals surface area contributed by atoms with E-state index in [1.165, 1.54) is 50.5 Å². The SMILES string of the molecule is CCC(CC[C@@H](C)[C@H]1CC[C@H]2[C@@H]3C[C@H](O)C4=CC(=O)CC[C@]4(C)[C@H]3CC[C@]12C)=C(C)C. The predicted molar refractivity (Wildman–Crippen MR) is 129 cm³/mol. The lowest BCUT2D eigenvalue weighted by molar-refractivity contribution is -0.119. The number of hydrogen-bond donors (Lipinski definition) is 1. The van der Waals surface area contributed by atoms with Gasteiger partial charge >= 0.3 is 0 Å². The number of aliphatic hydroxyl groups excluding tert-OH is 1. The number of rotatable bonds is 5. The quantitative estimate of drug-likeness (QED) is 0.469. The van der Waals surface area contributed by atoms with E-state index in [1.54, 1.807) is 5.57 Å². The lowest BCUT2D eigenvalue weighted by atomic mass is 9.46. The molecule has 0 unspecified atom stereocenters. The number of hydrogen-bond acceptors (Lipinski definition) is 2. The third-order valence-electron chi connectivity index (χ3n) is 10.8. The summed E-state index contributed by atoms with van der Waals surface area (Å²) >= 11 is 0. The van der Waals surface area contributed by atoms with Gasteiger partial charge in [0.05, 0.1) is 6.10 Å². The van der Waals surface area contributed by atoms with E-state index < -0.39 is 6.10 Å². The van der Waals surface area contributed by atoms with Crippen molar-refractivity contribution in [3.05, 3.63) is 22.8 Å². The number of carbonyl (C=O) groups is 1. The molecular weight excluding hydrogens is 380 g/mol. The summed E-state index contributed by atoms with van der Waals surface area (Å²) in [5, 5.41) is 11.1. The second-order valence-electron chi connectivity index (χ2n) is 12.3. The molecule has 0 heterocycles. The van der Waals surface area contributed by atoms with E-state index in [2.05, 4.69) is 41.5 Å². The molecule has 2 nitrogen and oxygen atoms in total. The fourth-order valence-corrected chi connectivity index (χ4v) is 8.96. The molecule has 31 heavy (non-hydrogen) atoms. The summed E-state index contributed by atoms with van der Waals surface area (Å²) in [6.45, 7) is 14.3. The minimum absolute atomic E-state index is 0.0424. The minimum atomic E-state index is -0.404. The normalized spacial score (nSPS) is 42.9. The first-order valence-corrected chi connectivity index (χ1v) is 13.2. The van der Waals surface area contributed by atoms with Crippen molar-refractivity contribution in [2.24, 2.45) is 40.4 Å². The lowest BCUT2D eigenvalue weighted by Crippen LogP contribution is -2.54. The predicted octanol–water partition coefficient (Wildman–Crippen LogP) is 7.27. The van der Waals surface area contributed by atoms with Crippen LogP contribution in [0.15, 0.2) is 22.8 Å². The number of ketones is 1. The molecule has 4 aliphatic carbocycles. The molecule has 0 bridgehead atoms. The smallest absolute Gasteiger partial charge is 0.155 e. The van der Waals surface area contributed by atoms with Gasteiger partial charge in [-0.15, -0.1) is 0 Å². The molecule has 2 heteroatoms. The van der Waals surface area contributed by atoms with Gasteiger partial charge in [-0.1, -0.05) is 38.8 Å². The van der Waals surface area contributed by atoms with Crippen LogP contribution in [0.25, 0.3) is 0 Å². The fourth-order valence-electron chi connectivity index (χ4n) is 8.96. The standard InChI is InChI=1S/C29H46O2/c1-7-20(18(2)3)9-8-19(4)23-10-11-24-22-17-27(31)26-16-21(30)12-14-29(26,6)25(22)13-15-28(23,24)5/h16,19,22-25,27,31H,7-15,17H2,1-6H3/t19-,22+,23-,24+,25+,27+,28-,29-/m1/s1. The van der Waals surface area contributed by atoms with Gasteiger partial charge in [0.2, 0.25) is 0 Å². The summed E-state index contributed by atoms with van der Waals surface area (Å²) in [6, 6.07) is 0. The molecule has 3 fully saturated rings. The Balaban J connectivity index is 1.53. The van der Waals surface area contributed by atoms with Gasteiger partial charge in [-0.05, 0) is 124 Å². The maximum atomic E-state index is 12.1. The van der Waals surface area contributed by atoms with Crippen molar-refractivity contribution in [2.45, 2.75) is 112 Å². The highest BCUT2D eigenvalue weighted by Gasteiger charge is 2.60. The van der Waals surface area contributed by atoms with E-state index in [0.29, 0.717) is 23.7 Å². The van der Waals surface area contributed by atoms with Gasteiger partial charge in [0.1, 0.15) is 0 Å². The topological polar surface area (TPSA) is 37.3 Å². The zero-order chi connectivity index (χ0) is 22.6. The molecule has 8 atom stereocenters. The molecule has 0 aliphatic heterocycles. The Labute approximate surface area is 191 Å². The van der Waals surface area contributed by atoms with E-state index in [1.807, 2.05) is 6.08 Å². The molecule has 3 saturated carbocycles. The monoisotopic (exact) mass is 426 g/mol. The first-order chi connectivity index (χ1) is 14.6. The maximum Gasteiger partial charge on any atom is 0.155 e. The molecular formula is C29H46O2. The van der Waals surface area contributed by atoms with E-state index in [4.69, 9.17) is 0 Å².